The third kappa shape index (κ3) is 4.39. The summed E-state index contributed by atoms with van der Waals surface area (Å²) in [5.41, 5.74) is 0. The Morgan fingerprint density at radius 1 is 1.39 bits per heavy atom. The van der Waals surface area contributed by atoms with E-state index in [1.165, 1.54) is 0 Å². The molecule has 1 N–H and O–H groups in total. The van der Waals surface area contributed by atoms with Crippen LogP contribution in [0.2, 0.25) is 10.0 Å². The second-order valence-corrected chi connectivity index (χ2v) is 5.00. The fourth-order valence-electron chi connectivity index (χ4n) is 1.28. The molecule has 0 aliphatic heterocycles. The van der Waals surface area contributed by atoms with Crippen LogP contribution in [-0.2, 0) is 4.79 Å². The fraction of sp³-hybridized carbons (Fsp3) is 0.462. The van der Waals surface area contributed by atoms with Crippen molar-refractivity contribution in [2.75, 3.05) is 0 Å². The molecule has 0 unspecified atom stereocenters. The molecule has 0 spiro atoms. The molecule has 0 radical (unpaired) electrons. The van der Waals surface area contributed by atoms with Gasteiger partial charge >= 0.3 is 0 Å². The largest absolute Gasteiger partial charge is 0.479 e. The fourth-order valence-corrected chi connectivity index (χ4v) is 1.73. The highest BCUT2D eigenvalue weighted by atomic mass is 35.5. The molecule has 0 saturated carbocycles. The lowest BCUT2D eigenvalue weighted by Crippen LogP contribution is -2.41. The van der Waals surface area contributed by atoms with E-state index in [1.54, 1.807) is 25.1 Å². The van der Waals surface area contributed by atoms with Crippen LogP contribution < -0.4 is 10.1 Å². The van der Waals surface area contributed by atoms with Crippen LogP contribution in [-0.4, -0.2) is 18.1 Å². The van der Waals surface area contributed by atoms with Crippen LogP contribution in [0.3, 0.4) is 0 Å². The van der Waals surface area contributed by atoms with Gasteiger partial charge in [0, 0.05) is 11.1 Å². The molecule has 1 amide bonds. The van der Waals surface area contributed by atoms with E-state index in [1.807, 2.05) is 13.8 Å². The van der Waals surface area contributed by atoms with E-state index in [2.05, 4.69) is 5.32 Å². The standard InChI is InChI=1S/C13H17Cl2NO2/c1-4-8(2)16-13(17)9(3)18-12-6-5-10(14)7-11(12)15/h5-9H,4H2,1-3H3,(H,16,17)/t8-,9-/m1/s1. The molecule has 100 valence electrons. The smallest absolute Gasteiger partial charge is 0.260 e. The first-order chi connectivity index (χ1) is 8.43. The van der Waals surface area contributed by atoms with Gasteiger partial charge in [-0.3, -0.25) is 4.79 Å². The van der Waals surface area contributed by atoms with Gasteiger partial charge in [-0.05, 0) is 38.5 Å². The van der Waals surface area contributed by atoms with E-state index in [0.717, 1.165) is 6.42 Å². The van der Waals surface area contributed by atoms with E-state index in [9.17, 15) is 4.79 Å². The van der Waals surface area contributed by atoms with Crippen LogP contribution in [0.5, 0.6) is 5.75 Å². The number of hydrogen-bond donors (Lipinski definition) is 1. The summed E-state index contributed by atoms with van der Waals surface area (Å²) in [6.45, 7) is 5.63. The quantitative estimate of drug-likeness (QED) is 0.898. The van der Waals surface area contributed by atoms with Crippen molar-refractivity contribution in [3.63, 3.8) is 0 Å². The highest BCUT2D eigenvalue weighted by Crippen LogP contribution is 2.28. The molecule has 0 aliphatic carbocycles. The summed E-state index contributed by atoms with van der Waals surface area (Å²) in [6, 6.07) is 5.03. The first-order valence-electron chi connectivity index (χ1n) is 5.86. The summed E-state index contributed by atoms with van der Waals surface area (Å²) >= 11 is 11.8. The summed E-state index contributed by atoms with van der Waals surface area (Å²) in [5.74, 6) is 0.295. The lowest BCUT2D eigenvalue weighted by Gasteiger charge is -2.18. The molecular formula is C13H17Cl2NO2. The molecule has 3 nitrogen and oxygen atoms in total. The predicted molar refractivity (Wildman–Crippen MR) is 74.4 cm³/mol. The van der Waals surface area contributed by atoms with Gasteiger partial charge in [0.15, 0.2) is 6.10 Å². The Morgan fingerprint density at radius 3 is 2.61 bits per heavy atom. The lowest BCUT2D eigenvalue weighted by molar-refractivity contribution is -0.127. The molecule has 1 aromatic rings. The first-order valence-corrected chi connectivity index (χ1v) is 6.61. The topological polar surface area (TPSA) is 38.3 Å². The van der Waals surface area contributed by atoms with Crippen molar-refractivity contribution in [2.24, 2.45) is 0 Å². The van der Waals surface area contributed by atoms with Crippen molar-refractivity contribution in [3.05, 3.63) is 28.2 Å². The third-order valence-corrected chi connectivity index (χ3v) is 3.10. The molecule has 0 heterocycles. The minimum absolute atomic E-state index is 0.129. The monoisotopic (exact) mass is 289 g/mol. The van der Waals surface area contributed by atoms with Crippen LogP contribution >= 0.6 is 23.2 Å². The molecule has 18 heavy (non-hydrogen) atoms. The maximum Gasteiger partial charge on any atom is 0.260 e. The van der Waals surface area contributed by atoms with Crippen molar-refractivity contribution in [2.45, 2.75) is 39.3 Å². The Bertz CT molecular complexity index is 423. The van der Waals surface area contributed by atoms with Crippen LogP contribution in [0.4, 0.5) is 0 Å². The highest BCUT2D eigenvalue weighted by Gasteiger charge is 2.17. The Morgan fingerprint density at radius 2 is 2.06 bits per heavy atom. The van der Waals surface area contributed by atoms with Crippen LogP contribution in [0.25, 0.3) is 0 Å². The van der Waals surface area contributed by atoms with Crippen molar-refractivity contribution < 1.29 is 9.53 Å². The molecular weight excluding hydrogens is 273 g/mol. The maximum absolute atomic E-state index is 11.8. The zero-order chi connectivity index (χ0) is 13.7. The molecule has 0 saturated heterocycles. The third-order valence-electron chi connectivity index (χ3n) is 2.57. The van der Waals surface area contributed by atoms with Crippen molar-refractivity contribution in [1.82, 2.24) is 5.32 Å². The molecule has 2 atom stereocenters. The van der Waals surface area contributed by atoms with Gasteiger partial charge in [-0.1, -0.05) is 30.1 Å². The molecule has 0 aliphatic rings. The van der Waals surface area contributed by atoms with E-state index in [4.69, 9.17) is 27.9 Å². The SMILES string of the molecule is CC[C@@H](C)NC(=O)[C@@H](C)Oc1ccc(Cl)cc1Cl. The van der Waals surface area contributed by atoms with E-state index in [-0.39, 0.29) is 11.9 Å². The molecule has 0 fully saturated rings. The van der Waals surface area contributed by atoms with Crippen molar-refractivity contribution >= 4 is 29.1 Å². The molecule has 0 bridgehead atoms. The lowest BCUT2D eigenvalue weighted by atomic mass is 10.2. The van der Waals surface area contributed by atoms with Crippen molar-refractivity contribution in [1.29, 1.82) is 0 Å². The minimum atomic E-state index is -0.599. The number of amides is 1. The van der Waals surface area contributed by atoms with Gasteiger partial charge in [-0.15, -0.1) is 0 Å². The second kappa shape index (κ2) is 6.86. The molecule has 5 heteroatoms. The summed E-state index contributed by atoms with van der Waals surface area (Å²) in [5, 5.41) is 3.77. The number of carbonyl (C=O) groups excluding carboxylic acids is 1. The summed E-state index contributed by atoms with van der Waals surface area (Å²) in [4.78, 5) is 11.8. The number of nitrogens with one attached hydrogen (secondary N) is 1. The second-order valence-electron chi connectivity index (χ2n) is 4.15. The van der Waals surface area contributed by atoms with Crippen LogP contribution in [0.1, 0.15) is 27.2 Å². The molecule has 1 aromatic carbocycles. The van der Waals surface area contributed by atoms with Gasteiger partial charge in [-0.25, -0.2) is 0 Å². The molecule has 0 aromatic heterocycles. The number of hydrogen-bond acceptors (Lipinski definition) is 2. The van der Waals surface area contributed by atoms with E-state index in [0.29, 0.717) is 15.8 Å². The zero-order valence-electron chi connectivity index (χ0n) is 10.7. The average molecular weight is 290 g/mol. The summed E-state index contributed by atoms with van der Waals surface area (Å²) < 4.78 is 5.50. The van der Waals surface area contributed by atoms with Gasteiger partial charge in [0.25, 0.3) is 5.91 Å². The Hall–Kier alpha value is -0.930. The van der Waals surface area contributed by atoms with Gasteiger partial charge in [0.2, 0.25) is 0 Å². The van der Waals surface area contributed by atoms with E-state index >= 15 is 0 Å². The number of carbonyl (C=O) groups is 1. The van der Waals surface area contributed by atoms with Gasteiger partial charge < -0.3 is 10.1 Å². The number of halogens is 2. The molecule has 1 rings (SSSR count). The van der Waals surface area contributed by atoms with Crippen LogP contribution in [0.15, 0.2) is 18.2 Å². The van der Waals surface area contributed by atoms with Gasteiger partial charge in [0.05, 0.1) is 5.02 Å². The maximum atomic E-state index is 11.8. The predicted octanol–water partition coefficient (Wildman–Crippen LogP) is 3.68. The van der Waals surface area contributed by atoms with E-state index < -0.39 is 6.10 Å². The summed E-state index contributed by atoms with van der Waals surface area (Å²) in [7, 11) is 0. The minimum Gasteiger partial charge on any atom is -0.479 e. The zero-order valence-corrected chi connectivity index (χ0v) is 12.2. The first kappa shape index (κ1) is 15.1. The Labute approximate surface area is 117 Å². The number of benzene rings is 1. The van der Waals surface area contributed by atoms with Gasteiger partial charge in [-0.2, -0.15) is 0 Å². The van der Waals surface area contributed by atoms with Crippen molar-refractivity contribution in [3.8, 4) is 5.75 Å². The highest BCUT2D eigenvalue weighted by molar-refractivity contribution is 6.35. The Kier molecular flexibility index (Phi) is 5.76. The summed E-state index contributed by atoms with van der Waals surface area (Å²) in [6.07, 6.45) is 0.276. The number of rotatable bonds is 5. The number of ether oxygens (including phenoxy) is 1. The normalized spacial score (nSPS) is 13.8. The average Bonchev–Trinajstić information content (AvgIpc) is 2.32. The Balaban J connectivity index is 2.63. The van der Waals surface area contributed by atoms with Gasteiger partial charge in [0.1, 0.15) is 5.75 Å². The van der Waals surface area contributed by atoms with Crippen LogP contribution in [0, 0.1) is 0 Å².